The first-order chi connectivity index (χ1) is 9.76. The van der Waals surface area contributed by atoms with Crippen molar-refractivity contribution in [1.29, 1.82) is 0 Å². The van der Waals surface area contributed by atoms with E-state index in [0.717, 1.165) is 33.4 Å². The predicted octanol–water partition coefficient (Wildman–Crippen LogP) is 3.95. The number of methoxy groups -OCH3 is 1. The molecule has 0 saturated carbocycles. The van der Waals surface area contributed by atoms with Gasteiger partial charge >= 0.3 is 0 Å². The van der Waals surface area contributed by atoms with Crippen LogP contribution in [0.15, 0.2) is 47.1 Å². The van der Waals surface area contributed by atoms with E-state index in [1.807, 2.05) is 24.4 Å². The van der Waals surface area contributed by atoms with Crippen LogP contribution in [0.25, 0.3) is 10.9 Å². The largest absolute Gasteiger partial charge is 0.496 e. The molecular weight excluding hydrogens is 318 g/mol. The Balaban J connectivity index is 1.73. The van der Waals surface area contributed by atoms with Gasteiger partial charge in [0.1, 0.15) is 5.75 Å². The van der Waals surface area contributed by atoms with Gasteiger partial charge in [-0.05, 0) is 51.8 Å². The molecule has 0 bridgehead atoms. The summed E-state index contributed by atoms with van der Waals surface area (Å²) >= 11 is 3.49. The van der Waals surface area contributed by atoms with E-state index >= 15 is 0 Å². The molecule has 0 atom stereocenters. The fourth-order valence-electron chi connectivity index (χ4n) is 2.07. The number of benzene rings is 2. The molecule has 0 spiro atoms. The second-order valence-corrected chi connectivity index (χ2v) is 5.35. The molecule has 0 aliphatic rings. The summed E-state index contributed by atoms with van der Waals surface area (Å²) in [4.78, 5) is 0. The Morgan fingerprint density at radius 1 is 1.25 bits per heavy atom. The van der Waals surface area contributed by atoms with Crippen LogP contribution >= 0.6 is 15.9 Å². The van der Waals surface area contributed by atoms with E-state index in [1.165, 1.54) is 5.56 Å². The van der Waals surface area contributed by atoms with Crippen molar-refractivity contribution in [2.24, 2.45) is 0 Å². The average molecular weight is 332 g/mol. The van der Waals surface area contributed by atoms with Gasteiger partial charge in [0, 0.05) is 17.6 Å². The Hall–Kier alpha value is -2.01. The molecule has 0 saturated heterocycles. The molecular formula is C15H14BrN3O. The van der Waals surface area contributed by atoms with Gasteiger partial charge in [-0.25, -0.2) is 0 Å². The van der Waals surface area contributed by atoms with Gasteiger partial charge in [-0.15, -0.1) is 0 Å². The molecule has 102 valence electrons. The van der Waals surface area contributed by atoms with Crippen molar-refractivity contribution < 1.29 is 4.74 Å². The van der Waals surface area contributed by atoms with Crippen LogP contribution in [0.4, 0.5) is 5.69 Å². The monoisotopic (exact) mass is 331 g/mol. The summed E-state index contributed by atoms with van der Waals surface area (Å²) in [6.45, 7) is 0.752. The number of nitrogens with zero attached hydrogens (tertiary/aromatic N) is 1. The maximum absolute atomic E-state index is 5.22. The van der Waals surface area contributed by atoms with Crippen molar-refractivity contribution in [2.45, 2.75) is 6.54 Å². The third kappa shape index (κ3) is 2.63. The number of anilines is 1. The molecule has 5 heteroatoms. The van der Waals surface area contributed by atoms with Crippen molar-refractivity contribution in [3.8, 4) is 5.75 Å². The van der Waals surface area contributed by atoms with Crippen LogP contribution in [0.2, 0.25) is 0 Å². The van der Waals surface area contributed by atoms with Crippen molar-refractivity contribution in [3.63, 3.8) is 0 Å². The van der Waals surface area contributed by atoms with E-state index in [1.54, 1.807) is 7.11 Å². The van der Waals surface area contributed by atoms with Crippen LogP contribution in [-0.4, -0.2) is 17.3 Å². The summed E-state index contributed by atoms with van der Waals surface area (Å²) in [7, 11) is 1.66. The highest BCUT2D eigenvalue weighted by Crippen LogP contribution is 2.26. The lowest BCUT2D eigenvalue weighted by Gasteiger charge is -2.09. The van der Waals surface area contributed by atoms with Gasteiger partial charge in [-0.3, -0.25) is 5.10 Å². The number of aromatic nitrogens is 2. The third-order valence-corrected chi connectivity index (χ3v) is 3.77. The van der Waals surface area contributed by atoms with Crippen LogP contribution < -0.4 is 10.1 Å². The topological polar surface area (TPSA) is 49.9 Å². The second kappa shape index (κ2) is 5.54. The third-order valence-electron chi connectivity index (χ3n) is 3.15. The summed E-state index contributed by atoms with van der Waals surface area (Å²) in [6, 6.07) is 12.2. The van der Waals surface area contributed by atoms with Crippen LogP contribution in [-0.2, 0) is 6.54 Å². The molecule has 0 aliphatic carbocycles. The van der Waals surface area contributed by atoms with Crippen molar-refractivity contribution in [3.05, 3.63) is 52.6 Å². The fourth-order valence-corrected chi connectivity index (χ4v) is 2.66. The molecule has 0 fully saturated rings. The Kier molecular flexibility index (Phi) is 3.60. The zero-order valence-electron chi connectivity index (χ0n) is 11.0. The number of hydrogen-bond acceptors (Lipinski definition) is 3. The summed E-state index contributed by atoms with van der Waals surface area (Å²) in [6.07, 6.45) is 1.82. The number of hydrogen-bond donors (Lipinski definition) is 2. The Labute approximate surface area is 125 Å². The summed E-state index contributed by atoms with van der Waals surface area (Å²) in [5, 5.41) is 11.5. The number of halogens is 1. The number of H-pyrrole nitrogens is 1. The quantitative estimate of drug-likeness (QED) is 0.761. The SMILES string of the molecule is COc1ccc(CNc2ccc3cn[nH]c3c2)cc1Br. The van der Waals surface area contributed by atoms with Crippen LogP contribution in [0.1, 0.15) is 5.56 Å². The zero-order valence-corrected chi connectivity index (χ0v) is 12.6. The average Bonchev–Trinajstić information content (AvgIpc) is 2.92. The standard InChI is InChI=1S/C15H14BrN3O/c1-20-15-5-2-10(6-13(15)16)8-17-12-4-3-11-9-18-19-14(11)7-12/h2-7,9,17H,8H2,1H3,(H,18,19). The molecule has 3 rings (SSSR count). The van der Waals surface area contributed by atoms with Gasteiger partial charge in [-0.2, -0.15) is 5.10 Å². The number of ether oxygens (including phenoxy) is 1. The molecule has 3 aromatic rings. The second-order valence-electron chi connectivity index (χ2n) is 4.49. The lowest BCUT2D eigenvalue weighted by Crippen LogP contribution is -1.99. The molecule has 1 heterocycles. The number of aromatic amines is 1. The van der Waals surface area contributed by atoms with E-state index < -0.39 is 0 Å². The summed E-state index contributed by atoms with van der Waals surface area (Å²) < 4.78 is 6.19. The highest BCUT2D eigenvalue weighted by Gasteiger charge is 2.02. The summed E-state index contributed by atoms with van der Waals surface area (Å²) in [5.41, 5.74) is 3.28. The minimum Gasteiger partial charge on any atom is -0.496 e. The van der Waals surface area contributed by atoms with Crippen molar-refractivity contribution in [1.82, 2.24) is 10.2 Å². The molecule has 2 aromatic carbocycles. The highest BCUT2D eigenvalue weighted by molar-refractivity contribution is 9.10. The normalized spacial score (nSPS) is 10.7. The van der Waals surface area contributed by atoms with E-state index in [4.69, 9.17) is 4.74 Å². The van der Waals surface area contributed by atoms with E-state index in [9.17, 15) is 0 Å². The first-order valence-corrected chi connectivity index (χ1v) is 7.05. The predicted molar refractivity (Wildman–Crippen MR) is 84.1 cm³/mol. The minimum atomic E-state index is 0.752. The first-order valence-electron chi connectivity index (χ1n) is 6.26. The zero-order chi connectivity index (χ0) is 13.9. The van der Waals surface area contributed by atoms with Crippen molar-refractivity contribution in [2.75, 3.05) is 12.4 Å². The van der Waals surface area contributed by atoms with Gasteiger partial charge in [0.2, 0.25) is 0 Å². The molecule has 0 amide bonds. The Morgan fingerprint density at radius 2 is 2.15 bits per heavy atom. The van der Waals surface area contributed by atoms with E-state index in [-0.39, 0.29) is 0 Å². The minimum absolute atomic E-state index is 0.752. The molecule has 4 nitrogen and oxygen atoms in total. The van der Waals surface area contributed by atoms with E-state index in [2.05, 4.69) is 49.6 Å². The number of fused-ring (bicyclic) bond motifs is 1. The maximum atomic E-state index is 5.22. The lowest BCUT2D eigenvalue weighted by atomic mass is 10.2. The Bertz CT molecular complexity index is 739. The Morgan fingerprint density at radius 3 is 2.95 bits per heavy atom. The van der Waals surface area contributed by atoms with Gasteiger partial charge in [0.05, 0.1) is 23.3 Å². The molecule has 0 unspecified atom stereocenters. The van der Waals surface area contributed by atoms with E-state index in [0.29, 0.717) is 0 Å². The van der Waals surface area contributed by atoms with Crippen LogP contribution in [0.5, 0.6) is 5.75 Å². The fraction of sp³-hybridized carbons (Fsp3) is 0.133. The van der Waals surface area contributed by atoms with Crippen molar-refractivity contribution >= 4 is 32.5 Å². The first kappa shape index (κ1) is 13.0. The van der Waals surface area contributed by atoms with Gasteiger partial charge in [-0.1, -0.05) is 6.07 Å². The molecule has 0 aliphatic heterocycles. The molecule has 0 radical (unpaired) electrons. The highest BCUT2D eigenvalue weighted by atomic mass is 79.9. The molecule has 2 N–H and O–H groups in total. The number of nitrogens with one attached hydrogen (secondary N) is 2. The van der Waals surface area contributed by atoms with Crippen LogP contribution in [0, 0.1) is 0 Å². The maximum Gasteiger partial charge on any atom is 0.133 e. The van der Waals surface area contributed by atoms with Gasteiger partial charge < -0.3 is 10.1 Å². The summed E-state index contributed by atoms with van der Waals surface area (Å²) in [5.74, 6) is 0.840. The molecule has 20 heavy (non-hydrogen) atoms. The number of rotatable bonds is 4. The van der Waals surface area contributed by atoms with Crippen LogP contribution in [0.3, 0.4) is 0 Å². The lowest BCUT2D eigenvalue weighted by molar-refractivity contribution is 0.412. The van der Waals surface area contributed by atoms with Gasteiger partial charge in [0.25, 0.3) is 0 Å². The van der Waals surface area contributed by atoms with Gasteiger partial charge in [0.15, 0.2) is 0 Å². The molecule has 1 aromatic heterocycles. The smallest absolute Gasteiger partial charge is 0.133 e.